The van der Waals surface area contributed by atoms with Crippen LogP contribution in [0.3, 0.4) is 0 Å². The highest BCUT2D eigenvalue weighted by atomic mass is 16.5. The summed E-state index contributed by atoms with van der Waals surface area (Å²) in [4.78, 5) is 21.3. The van der Waals surface area contributed by atoms with Crippen LogP contribution in [0.4, 0.5) is 5.82 Å². The molecule has 0 aliphatic carbocycles. The van der Waals surface area contributed by atoms with Crippen LogP contribution < -0.4 is 9.64 Å². The minimum Gasteiger partial charge on any atom is -0.497 e. The van der Waals surface area contributed by atoms with E-state index in [4.69, 9.17) is 29.5 Å². The van der Waals surface area contributed by atoms with Crippen LogP contribution in [0, 0.1) is 0 Å². The molecule has 10 heteroatoms. The summed E-state index contributed by atoms with van der Waals surface area (Å²) in [5.74, 6) is 2.92. The standard InChI is InChI=1S/C24H24N8O2/c1-3-31-21(16-6-8-25-9-7-16)26-20-22(30-10-12-34-13-11-30)27-24(28-23(20)31)32-15-17-14-18(33-2)4-5-19(17)29-32/h4-9,14-15H,3,10-13H2,1-2H3. The average molecular weight is 457 g/mol. The predicted molar refractivity (Wildman–Crippen MR) is 128 cm³/mol. The molecule has 1 fully saturated rings. The number of aryl methyl sites for hydroxylation is 1. The zero-order valence-electron chi connectivity index (χ0n) is 19.0. The van der Waals surface area contributed by atoms with Gasteiger partial charge in [-0.05, 0) is 37.3 Å². The number of aromatic nitrogens is 7. The van der Waals surface area contributed by atoms with Crippen LogP contribution in [0.1, 0.15) is 6.92 Å². The van der Waals surface area contributed by atoms with Crippen LogP contribution in [0.2, 0.25) is 0 Å². The Labute approximate surface area is 195 Å². The molecule has 1 aliphatic rings. The van der Waals surface area contributed by atoms with Gasteiger partial charge in [0.05, 0.1) is 25.8 Å². The largest absolute Gasteiger partial charge is 0.497 e. The molecule has 0 bridgehead atoms. The van der Waals surface area contributed by atoms with Gasteiger partial charge in [-0.15, -0.1) is 0 Å². The average Bonchev–Trinajstić information content (AvgIpc) is 3.50. The summed E-state index contributed by atoms with van der Waals surface area (Å²) in [6.45, 7) is 5.60. The van der Waals surface area contributed by atoms with Crippen molar-refractivity contribution in [2.45, 2.75) is 13.5 Å². The van der Waals surface area contributed by atoms with Gasteiger partial charge in [-0.2, -0.15) is 15.1 Å². The zero-order valence-corrected chi connectivity index (χ0v) is 19.0. The van der Waals surface area contributed by atoms with Crippen molar-refractivity contribution in [3.05, 3.63) is 48.9 Å². The molecule has 5 aromatic rings. The summed E-state index contributed by atoms with van der Waals surface area (Å²) < 4.78 is 14.8. The highest BCUT2D eigenvalue weighted by Gasteiger charge is 2.24. The smallest absolute Gasteiger partial charge is 0.254 e. The molecule has 1 aromatic carbocycles. The van der Waals surface area contributed by atoms with Crippen LogP contribution in [0.15, 0.2) is 48.9 Å². The third kappa shape index (κ3) is 3.43. The molecule has 5 heterocycles. The topological polar surface area (TPSA) is 96.0 Å². The number of methoxy groups -OCH3 is 1. The van der Waals surface area contributed by atoms with Crippen molar-refractivity contribution in [2.75, 3.05) is 38.3 Å². The minimum absolute atomic E-state index is 0.500. The van der Waals surface area contributed by atoms with Crippen molar-refractivity contribution < 1.29 is 9.47 Å². The van der Waals surface area contributed by atoms with Crippen molar-refractivity contribution in [1.29, 1.82) is 0 Å². The molecule has 1 saturated heterocycles. The summed E-state index contributed by atoms with van der Waals surface area (Å²) >= 11 is 0. The van der Waals surface area contributed by atoms with E-state index < -0.39 is 0 Å². The first-order valence-electron chi connectivity index (χ1n) is 11.3. The Hall–Kier alpha value is -4.05. The maximum absolute atomic E-state index is 5.58. The number of morpholine rings is 1. The third-order valence-corrected chi connectivity index (χ3v) is 6.05. The fourth-order valence-corrected chi connectivity index (χ4v) is 4.33. The van der Waals surface area contributed by atoms with Gasteiger partial charge < -0.3 is 18.9 Å². The highest BCUT2D eigenvalue weighted by molar-refractivity contribution is 5.88. The number of benzene rings is 1. The number of ether oxygens (including phenoxy) is 2. The molecule has 0 unspecified atom stereocenters. The van der Waals surface area contributed by atoms with Crippen LogP contribution in [0.5, 0.6) is 5.75 Å². The lowest BCUT2D eigenvalue weighted by Gasteiger charge is -2.28. The normalized spacial score (nSPS) is 14.2. The molecule has 0 spiro atoms. The van der Waals surface area contributed by atoms with Crippen LogP contribution in [-0.2, 0) is 11.3 Å². The Kier molecular flexibility index (Phi) is 5.06. The Morgan fingerprint density at radius 1 is 1.03 bits per heavy atom. The second-order valence-electron chi connectivity index (χ2n) is 8.03. The molecule has 0 radical (unpaired) electrons. The first kappa shape index (κ1) is 20.5. The molecule has 0 amide bonds. The van der Waals surface area contributed by atoms with E-state index in [1.165, 1.54) is 0 Å². The van der Waals surface area contributed by atoms with Gasteiger partial charge in [0.2, 0.25) is 0 Å². The monoisotopic (exact) mass is 456 g/mol. The number of nitrogens with zero attached hydrogens (tertiary/aromatic N) is 8. The van der Waals surface area contributed by atoms with E-state index in [1.54, 1.807) is 24.2 Å². The second kappa shape index (κ2) is 8.38. The van der Waals surface area contributed by atoms with Crippen molar-refractivity contribution >= 4 is 27.9 Å². The Balaban J connectivity index is 1.58. The third-order valence-electron chi connectivity index (χ3n) is 6.05. The quantitative estimate of drug-likeness (QED) is 0.398. The van der Waals surface area contributed by atoms with Crippen LogP contribution in [0.25, 0.3) is 39.4 Å². The van der Waals surface area contributed by atoms with Gasteiger partial charge in [0.1, 0.15) is 11.6 Å². The molecule has 6 rings (SSSR count). The van der Waals surface area contributed by atoms with E-state index in [2.05, 4.69) is 21.4 Å². The maximum Gasteiger partial charge on any atom is 0.254 e. The lowest BCUT2D eigenvalue weighted by Crippen LogP contribution is -2.37. The van der Waals surface area contributed by atoms with Crippen LogP contribution >= 0.6 is 0 Å². The van der Waals surface area contributed by atoms with Gasteiger partial charge in [0.25, 0.3) is 5.95 Å². The van der Waals surface area contributed by atoms with Gasteiger partial charge in [-0.3, -0.25) is 4.98 Å². The summed E-state index contributed by atoms with van der Waals surface area (Å²) in [5.41, 5.74) is 3.38. The lowest BCUT2D eigenvalue weighted by molar-refractivity contribution is 0.122. The van der Waals surface area contributed by atoms with E-state index in [-0.39, 0.29) is 0 Å². The highest BCUT2D eigenvalue weighted by Crippen LogP contribution is 2.30. The summed E-state index contributed by atoms with van der Waals surface area (Å²) in [6, 6.07) is 9.71. The number of imidazole rings is 1. The first-order valence-corrected chi connectivity index (χ1v) is 11.3. The van der Waals surface area contributed by atoms with Gasteiger partial charge in [-0.25, -0.2) is 9.67 Å². The molecular formula is C24H24N8O2. The molecule has 0 saturated carbocycles. The molecule has 4 aromatic heterocycles. The van der Waals surface area contributed by atoms with Gasteiger partial charge in [0.15, 0.2) is 17.0 Å². The fourth-order valence-electron chi connectivity index (χ4n) is 4.33. The van der Waals surface area contributed by atoms with Gasteiger partial charge in [0, 0.05) is 49.2 Å². The van der Waals surface area contributed by atoms with E-state index in [9.17, 15) is 0 Å². The van der Waals surface area contributed by atoms with Crippen molar-refractivity contribution in [1.82, 2.24) is 34.3 Å². The molecule has 0 atom stereocenters. The van der Waals surface area contributed by atoms with Gasteiger partial charge >= 0.3 is 0 Å². The number of fused-ring (bicyclic) bond motifs is 2. The SMILES string of the molecule is CCn1c(-c2ccncc2)nc2c(N3CCOCC3)nc(-n3cc4cc(OC)ccc4n3)nc21. The number of rotatable bonds is 5. The van der Waals surface area contributed by atoms with Crippen molar-refractivity contribution in [3.63, 3.8) is 0 Å². The van der Waals surface area contributed by atoms with E-state index >= 15 is 0 Å². The van der Waals surface area contributed by atoms with E-state index in [0.29, 0.717) is 25.7 Å². The molecule has 10 nitrogen and oxygen atoms in total. The Morgan fingerprint density at radius 3 is 2.62 bits per heavy atom. The lowest BCUT2D eigenvalue weighted by atomic mass is 10.2. The Morgan fingerprint density at radius 2 is 1.85 bits per heavy atom. The molecule has 34 heavy (non-hydrogen) atoms. The van der Waals surface area contributed by atoms with Crippen molar-refractivity contribution in [2.24, 2.45) is 0 Å². The molecule has 0 N–H and O–H groups in total. The number of hydrogen-bond donors (Lipinski definition) is 0. The number of pyridine rings is 1. The molecule has 172 valence electrons. The van der Waals surface area contributed by atoms with Gasteiger partial charge in [-0.1, -0.05) is 0 Å². The summed E-state index contributed by atoms with van der Waals surface area (Å²) in [5, 5.41) is 5.68. The van der Waals surface area contributed by atoms with Crippen LogP contribution in [-0.4, -0.2) is 67.7 Å². The maximum atomic E-state index is 5.58. The zero-order chi connectivity index (χ0) is 23.1. The number of hydrogen-bond acceptors (Lipinski definition) is 8. The second-order valence-corrected chi connectivity index (χ2v) is 8.03. The fraction of sp³-hybridized carbons (Fsp3) is 0.292. The van der Waals surface area contributed by atoms with E-state index in [0.717, 1.165) is 58.1 Å². The van der Waals surface area contributed by atoms with E-state index in [1.807, 2.05) is 36.5 Å². The predicted octanol–water partition coefficient (Wildman–Crippen LogP) is 3.09. The first-order chi connectivity index (χ1) is 16.7. The summed E-state index contributed by atoms with van der Waals surface area (Å²) in [7, 11) is 1.66. The Bertz CT molecular complexity index is 1470. The van der Waals surface area contributed by atoms with Crippen molar-refractivity contribution in [3.8, 4) is 23.1 Å². The minimum atomic E-state index is 0.500. The summed E-state index contributed by atoms with van der Waals surface area (Å²) in [6.07, 6.45) is 5.48. The molecule has 1 aliphatic heterocycles. The number of anilines is 1. The molecular weight excluding hydrogens is 432 g/mol.